The molecule has 1 nitrogen and oxygen atoms in total. The van der Waals surface area contributed by atoms with E-state index in [4.69, 9.17) is 5.73 Å². The fourth-order valence-electron chi connectivity index (χ4n) is 0.359. The first-order valence-electron chi connectivity index (χ1n) is 1.98. The maximum atomic E-state index is 5.32. The topological polar surface area (TPSA) is 26.0 Å². The van der Waals surface area contributed by atoms with Gasteiger partial charge in [-0.3, -0.25) is 5.73 Å². The minimum absolute atomic E-state index is 0.440. The summed E-state index contributed by atoms with van der Waals surface area (Å²) in [5, 5.41) is 0. The van der Waals surface area contributed by atoms with Crippen LogP contribution in [0.2, 0.25) is 0 Å². The Morgan fingerprint density at radius 3 is 2.20 bits per heavy atom. The zero-order valence-electron chi connectivity index (χ0n) is 3.15. The molecule has 0 aromatic carbocycles. The molecule has 1 unspecified atom stereocenters. The van der Waals surface area contributed by atoms with Gasteiger partial charge in [0.15, 0.2) is 6.04 Å². The van der Waals surface area contributed by atoms with Gasteiger partial charge in [-0.1, -0.05) is 0 Å². The highest BCUT2D eigenvalue weighted by molar-refractivity contribution is 4.90. The molecule has 0 aromatic rings. The van der Waals surface area contributed by atoms with E-state index >= 15 is 0 Å². The van der Waals surface area contributed by atoms with Crippen molar-refractivity contribution < 1.29 is 0 Å². The highest BCUT2D eigenvalue weighted by atomic mass is 14.6. The van der Waals surface area contributed by atoms with E-state index in [2.05, 4.69) is 6.42 Å². The van der Waals surface area contributed by atoms with Crippen LogP contribution in [-0.2, 0) is 0 Å². The standard InChI is InChI=1S/C4H8N/c5-4-2-1-3-4/h2,4H,1,3,5H2/q+1. The lowest BCUT2D eigenvalue weighted by molar-refractivity contribution is 0.546. The van der Waals surface area contributed by atoms with Gasteiger partial charge >= 0.3 is 0 Å². The van der Waals surface area contributed by atoms with Gasteiger partial charge < -0.3 is 0 Å². The summed E-state index contributed by atoms with van der Waals surface area (Å²) in [6.07, 6.45) is 4.57. The van der Waals surface area contributed by atoms with Gasteiger partial charge in [-0.2, -0.15) is 0 Å². The van der Waals surface area contributed by atoms with Crippen molar-refractivity contribution in [3.63, 3.8) is 0 Å². The molecule has 0 saturated heterocycles. The van der Waals surface area contributed by atoms with Crippen molar-refractivity contribution in [2.75, 3.05) is 0 Å². The summed E-state index contributed by atoms with van der Waals surface area (Å²) < 4.78 is 0. The van der Waals surface area contributed by atoms with Crippen molar-refractivity contribution in [2.24, 2.45) is 5.73 Å². The Bertz CT molecular complexity index is 30.6. The molecule has 28 valence electrons. The van der Waals surface area contributed by atoms with E-state index in [1.807, 2.05) is 0 Å². The van der Waals surface area contributed by atoms with Crippen molar-refractivity contribution in [3.8, 4) is 0 Å². The minimum Gasteiger partial charge on any atom is -0.290 e. The first-order chi connectivity index (χ1) is 2.39. The van der Waals surface area contributed by atoms with Crippen molar-refractivity contribution in [1.29, 1.82) is 0 Å². The van der Waals surface area contributed by atoms with E-state index in [0.29, 0.717) is 6.04 Å². The molecule has 0 bridgehead atoms. The Hall–Kier alpha value is -0.170. The number of hydrogen-bond acceptors (Lipinski definition) is 1. The van der Waals surface area contributed by atoms with Gasteiger partial charge in [0.1, 0.15) is 0 Å². The van der Waals surface area contributed by atoms with Crippen molar-refractivity contribution in [3.05, 3.63) is 6.42 Å². The summed E-state index contributed by atoms with van der Waals surface area (Å²) in [5.74, 6) is 0. The third kappa shape index (κ3) is 0.377. The second-order valence-electron chi connectivity index (χ2n) is 1.48. The fraction of sp³-hybridized carbons (Fsp3) is 0.750. The number of nitrogens with two attached hydrogens (primary N) is 1. The summed E-state index contributed by atoms with van der Waals surface area (Å²) in [4.78, 5) is 0. The Balaban J connectivity index is 2.08. The van der Waals surface area contributed by atoms with Crippen LogP contribution in [0.3, 0.4) is 0 Å². The van der Waals surface area contributed by atoms with Crippen LogP contribution in [0.4, 0.5) is 0 Å². The smallest absolute Gasteiger partial charge is 0.150 e. The van der Waals surface area contributed by atoms with Crippen LogP contribution in [0.25, 0.3) is 0 Å². The zero-order valence-corrected chi connectivity index (χ0v) is 3.15. The van der Waals surface area contributed by atoms with Crippen LogP contribution in [0.1, 0.15) is 12.8 Å². The van der Waals surface area contributed by atoms with Gasteiger partial charge in [0.05, 0.1) is 12.8 Å². The normalized spacial score (nSPS) is 35.0. The van der Waals surface area contributed by atoms with Crippen LogP contribution < -0.4 is 5.73 Å². The molecular formula is C4H8N+. The Morgan fingerprint density at radius 1 is 1.80 bits per heavy atom. The predicted octanol–water partition coefficient (Wildman–Crippen LogP) is 0.312. The SMILES string of the molecule is NC1[CH+]CC1. The highest BCUT2D eigenvalue weighted by Gasteiger charge is 2.22. The molecule has 1 aliphatic rings. The molecule has 1 heteroatoms. The molecule has 1 aliphatic carbocycles. The number of rotatable bonds is 0. The lowest BCUT2D eigenvalue weighted by Crippen LogP contribution is -2.28. The largest absolute Gasteiger partial charge is 0.290 e. The summed E-state index contributed by atoms with van der Waals surface area (Å²) in [7, 11) is 0. The average Bonchev–Trinajstić information content (AvgIpc) is 1.30. The van der Waals surface area contributed by atoms with E-state index in [1.165, 1.54) is 12.8 Å². The van der Waals surface area contributed by atoms with E-state index in [9.17, 15) is 0 Å². The molecule has 1 saturated carbocycles. The van der Waals surface area contributed by atoms with E-state index in [1.54, 1.807) is 0 Å². The third-order valence-electron chi connectivity index (χ3n) is 0.969. The van der Waals surface area contributed by atoms with Gasteiger partial charge in [-0.25, -0.2) is 0 Å². The number of hydrogen-bond donors (Lipinski definition) is 1. The van der Waals surface area contributed by atoms with Gasteiger partial charge in [0.25, 0.3) is 0 Å². The van der Waals surface area contributed by atoms with E-state index in [0.717, 1.165) is 0 Å². The summed E-state index contributed by atoms with van der Waals surface area (Å²) in [5.41, 5.74) is 5.32. The van der Waals surface area contributed by atoms with Gasteiger partial charge in [-0.05, 0) is 0 Å². The molecule has 1 rings (SSSR count). The first kappa shape index (κ1) is 3.04. The molecule has 1 fully saturated rings. The van der Waals surface area contributed by atoms with Crippen LogP contribution in [0, 0.1) is 6.42 Å². The maximum Gasteiger partial charge on any atom is 0.150 e. The van der Waals surface area contributed by atoms with Crippen molar-refractivity contribution in [1.82, 2.24) is 0 Å². The Morgan fingerprint density at radius 2 is 2.20 bits per heavy atom. The quantitative estimate of drug-likeness (QED) is 0.408. The van der Waals surface area contributed by atoms with Crippen molar-refractivity contribution in [2.45, 2.75) is 18.9 Å². The van der Waals surface area contributed by atoms with E-state index < -0.39 is 0 Å². The molecule has 1 atom stereocenters. The predicted molar refractivity (Wildman–Crippen MR) is 21.5 cm³/mol. The second-order valence-corrected chi connectivity index (χ2v) is 1.48. The van der Waals surface area contributed by atoms with Crippen molar-refractivity contribution >= 4 is 0 Å². The van der Waals surface area contributed by atoms with Crippen LogP contribution in [0.5, 0.6) is 0 Å². The second kappa shape index (κ2) is 0.902. The molecule has 0 radical (unpaired) electrons. The molecule has 0 heterocycles. The molecule has 0 spiro atoms. The monoisotopic (exact) mass is 70.1 g/mol. The Kier molecular flexibility index (Phi) is 0.548. The first-order valence-corrected chi connectivity index (χ1v) is 1.98. The fourth-order valence-corrected chi connectivity index (χ4v) is 0.359. The average molecular weight is 70.1 g/mol. The maximum absolute atomic E-state index is 5.32. The summed E-state index contributed by atoms with van der Waals surface area (Å²) >= 11 is 0. The van der Waals surface area contributed by atoms with E-state index in [-0.39, 0.29) is 0 Å². The minimum atomic E-state index is 0.440. The summed E-state index contributed by atoms with van der Waals surface area (Å²) in [6.45, 7) is 0. The lowest BCUT2D eigenvalue weighted by Gasteiger charge is -2.06. The van der Waals surface area contributed by atoms with Crippen LogP contribution in [-0.4, -0.2) is 6.04 Å². The molecule has 0 aromatic heterocycles. The molecule has 0 amide bonds. The third-order valence-corrected chi connectivity index (χ3v) is 0.969. The molecule has 2 N–H and O–H groups in total. The highest BCUT2D eigenvalue weighted by Crippen LogP contribution is 2.12. The van der Waals surface area contributed by atoms with Gasteiger partial charge in [-0.15, -0.1) is 0 Å². The zero-order chi connectivity index (χ0) is 3.70. The lowest BCUT2D eigenvalue weighted by atomic mass is 9.95. The summed E-state index contributed by atoms with van der Waals surface area (Å²) in [6, 6.07) is 0.440. The van der Waals surface area contributed by atoms with Gasteiger partial charge in [0.2, 0.25) is 0 Å². The molecular weight excluding hydrogens is 62.1 g/mol. The van der Waals surface area contributed by atoms with Crippen LogP contribution >= 0.6 is 0 Å². The van der Waals surface area contributed by atoms with Gasteiger partial charge in [0, 0.05) is 6.42 Å². The Labute approximate surface area is 32.2 Å². The van der Waals surface area contributed by atoms with Crippen LogP contribution in [0.15, 0.2) is 0 Å². The molecule has 0 aliphatic heterocycles. The molecule has 5 heavy (non-hydrogen) atoms.